The summed E-state index contributed by atoms with van der Waals surface area (Å²) in [5.74, 6) is 1.50. The Balaban J connectivity index is 1.62. The van der Waals surface area contributed by atoms with E-state index in [1.807, 2.05) is 25.1 Å². The quantitative estimate of drug-likeness (QED) is 0.847. The van der Waals surface area contributed by atoms with Gasteiger partial charge in [-0.15, -0.1) is 0 Å². The van der Waals surface area contributed by atoms with Gasteiger partial charge in [0.25, 0.3) is 0 Å². The molecule has 2 N–H and O–H groups in total. The van der Waals surface area contributed by atoms with E-state index < -0.39 is 0 Å². The first-order valence-corrected chi connectivity index (χ1v) is 6.19. The standard InChI is InChI=1S/C13H16N2O3/c1-8(13(16)15-9-2-3-9)14-10-4-5-11-12(6-10)18-7-17-11/h4-6,8-9,14H,2-3,7H2,1H3,(H,15,16). The van der Waals surface area contributed by atoms with Crippen molar-refractivity contribution in [3.8, 4) is 11.5 Å². The molecule has 1 fully saturated rings. The molecule has 1 aliphatic carbocycles. The van der Waals surface area contributed by atoms with Gasteiger partial charge in [0.05, 0.1) is 0 Å². The van der Waals surface area contributed by atoms with E-state index in [9.17, 15) is 4.79 Å². The van der Waals surface area contributed by atoms with Gasteiger partial charge in [-0.2, -0.15) is 0 Å². The molecule has 5 nitrogen and oxygen atoms in total. The minimum absolute atomic E-state index is 0.0372. The molecule has 1 saturated carbocycles. The van der Waals surface area contributed by atoms with Crippen molar-refractivity contribution in [1.29, 1.82) is 0 Å². The zero-order valence-corrected chi connectivity index (χ0v) is 10.2. The van der Waals surface area contributed by atoms with Crippen LogP contribution in [-0.4, -0.2) is 24.8 Å². The molecular weight excluding hydrogens is 232 g/mol. The first-order chi connectivity index (χ1) is 8.72. The zero-order valence-electron chi connectivity index (χ0n) is 10.2. The van der Waals surface area contributed by atoms with Crippen LogP contribution in [0.1, 0.15) is 19.8 Å². The normalized spacial score (nSPS) is 18.3. The van der Waals surface area contributed by atoms with Crippen LogP contribution in [0, 0.1) is 0 Å². The lowest BCUT2D eigenvalue weighted by Crippen LogP contribution is -2.38. The highest BCUT2D eigenvalue weighted by molar-refractivity contribution is 5.84. The lowest BCUT2D eigenvalue weighted by Gasteiger charge is -2.15. The summed E-state index contributed by atoms with van der Waals surface area (Å²) < 4.78 is 10.5. The van der Waals surface area contributed by atoms with Crippen LogP contribution in [-0.2, 0) is 4.79 Å². The van der Waals surface area contributed by atoms with E-state index in [2.05, 4.69) is 10.6 Å². The molecule has 5 heteroatoms. The Hall–Kier alpha value is -1.91. The van der Waals surface area contributed by atoms with Crippen LogP contribution in [0.2, 0.25) is 0 Å². The van der Waals surface area contributed by atoms with Crippen molar-refractivity contribution in [2.45, 2.75) is 31.8 Å². The van der Waals surface area contributed by atoms with Crippen molar-refractivity contribution in [2.24, 2.45) is 0 Å². The molecule has 96 valence electrons. The summed E-state index contributed by atoms with van der Waals surface area (Å²) in [6.45, 7) is 2.11. The smallest absolute Gasteiger partial charge is 0.242 e. The van der Waals surface area contributed by atoms with Gasteiger partial charge in [-0.05, 0) is 31.9 Å². The van der Waals surface area contributed by atoms with Gasteiger partial charge in [0.1, 0.15) is 6.04 Å². The Bertz CT molecular complexity index is 471. The lowest BCUT2D eigenvalue weighted by atomic mass is 10.2. The molecule has 2 aliphatic rings. The van der Waals surface area contributed by atoms with E-state index in [0.29, 0.717) is 6.04 Å². The SMILES string of the molecule is CC(Nc1ccc2c(c1)OCO2)C(=O)NC1CC1. The van der Waals surface area contributed by atoms with Gasteiger partial charge >= 0.3 is 0 Å². The number of hydrogen-bond acceptors (Lipinski definition) is 4. The van der Waals surface area contributed by atoms with Gasteiger partial charge in [0.2, 0.25) is 12.7 Å². The van der Waals surface area contributed by atoms with Crippen molar-refractivity contribution in [3.63, 3.8) is 0 Å². The maximum absolute atomic E-state index is 11.8. The second-order valence-electron chi connectivity index (χ2n) is 4.72. The number of carbonyl (C=O) groups excluding carboxylic acids is 1. The third kappa shape index (κ3) is 2.34. The van der Waals surface area contributed by atoms with Crippen LogP contribution in [0.5, 0.6) is 11.5 Å². The van der Waals surface area contributed by atoms with E-state index in [0.717, 1.165) is 30.0 Å². The number of fused-ring (bicyclic) bond motifs is 1. The van der Waals surface area contributed by atoms with Crippen molar-refractivity contribution in [2.75, 3.05) is 12.1 Å². The predicted molar refractivity (Wildman–Crippen MR) is 66.8 cm³/mol. The fourth-order valence-corrected chi connectivity index (χ4v) is 1.86. The van der Waals surface area contributed by atoms with E-state index in [1.165, 1.54) is 0 Å². The highest BCUT2D eigenvalue weighted by Gasteiger charge is 2.25. The monoisotopic (exact) mass is 248 g/mol. The van der Waals surface area contributed by atoms with E-state index in [-0.39, 0.29) is 18.7 Å². The Labute approximate surface area is 105 Å². The number of rotatable bonds is 4. The second kappa shape index (κ2) is 4.40. The number of nitrogens with one attached hydrogen (secondary N) is 2. The largest absolute Gasteiger partial charge is 0.454 e. The maximum atomic E-state index is 11.8. The molecule has 18 heavy (non-hydrogen) atoms. The van der Waals surface area contributed by atoms with Crippen molar-refractivity contribution in [1.82, 2.24) is 5.32 Å². The number of amides is 1. The molecular formula is C13H16N2O3. The first kappa shape index (κ1) is 11.2. The molecule has 1 heterocycles. The molecule has 0 spiro atoms. The number of anilines is 1. The van der Waals surface area contributed by atoms with Crippen molar-refractivity contribution >= 4 is 11.6 Å². The molecule has 1 aromatic rings. The van der Waals surface area contributed by atoms with E-state index in [1.54, 1.807) is 0 Å². The number of ether oxygens (including phenoxy) is 2. The van der Waals surface area contributed by atoms with Crippen LogP contribution in [0.15, 0.2) is 18.2 Å². The summed E-state index contributed by atoms with van der Waals surface area (Å²) in [4.78, 5) is 11.8. The summed E-state index contributed by atoms with van der Waals surface area (Å²) in [7, 11) is 0. The summed E-state index contributed by atoms with van der Waals surface area (Å²) in [6.07, 6.45) is 2.20. The van der Waals surface area contributed by atoms with Crippen LogP contribution >= 0.6 is 0 Å². The second-order valence-corrected chi connectivity index (χ2v) is 4.72. The number of carbonyl (C=O) groups is 1. The van der Waals surface area contributed by atoms with E-state index in [4.69, 9.17) is 9.47 Å². The molecule has 0 aromatic heterocycles. The van der Waals surface area contributed by atoms with Crippen LogP contribution in [0.3, 0.4) is 0 Å². The Morgan fingerprint density at radius 2 is 2.11 bits per heavy atom. The van der Waals surface area contributed by atoms with Gasteiger partial charge in [0, 0.05) is 17.8 Å². The summed E-state index contributed by atoms with van der Waals surface area (Å²) in [6, 6.07) is 5.71. The third-order valence-electron chi connectivity index (χ3n) is 3.07. The topological polar surface area (TPSA) is 59.6 Å². The first-order valence-electron chi connectivity index (χ1n) is 6.19. The van der Waals surface area contributed by atoms with Gasteiger partial charge in [-0.25, -0.2) is 0 Å². The van der Waals surface area contributed by atoms with Crippen LogP contribution in [0.4, 0.5) is 5.69 Å². The summed E-state index contributed by atoms with van der Waals surface area (Å²) in [5.41, 5.74) is 0.859. The minimum Gasteiger partial charge on any atom is -0.454 e. The van der Waals surface area contributed by atoms with Gasteiger partial charge in [-0.1, -0.05) is 0 Å². The predicted octanol–water partition coefficient (Wildman–Crippen LogP) is 1.49. The van der Waals surface area contributed by atoms with Crippen LogP contribution < -0.4 is 20.1 Å². The fraction of sp³-hybridized carbons (Fsp3) is 0.462. The lowest BCUT2D eigenvalue weighted by molar-refractivity contribution is -0.121. The maximum Gasteiger partial charge on any atom is 0.242 e. The Morgan fingerprint density at radius 3 is 2.89 bits per heavy atom. The van der Waals surface area contributed by atoms with Gasteiger partial charge in [0.15, 0.2) is 11.5 Å². The van der Waals surface area contributed by atoms with Crippen molar-refractivity contribution in [3.05, 3.63) is 18.2 Å². The van der Waals surface area contributed by atoms with Crippen molar-refractivity contribution < 1.29 is 14.3 Å². The number of benzene rings is 1. The average Bonchev–Trinajstić information content (AvgIpc) is 3.05. The fourth-order valence-electron chi connectivity index (χ4n) is 1.86. The highest BCUT2D eigenvalue weighted by atomic mass is 16.7. The molecule has 0 bridgehead atoms. The molecule has 3 rings (SSSR count). The molecule has 1 aliphatic heterocycles. The third-order valence-corrected chi connectivity index (χ3v) is 3.07. The Morgan fingerprint density at radius 1 is 1.33 bits per heavy atom. The molecule has 1 atom stereocenters. The minimum atomic E-state index is -0.258. The molecule has 0 saturated heterocycles. The average molecular weight is 248 g/mol. The van der Waals surface area contributed by atoms with Gasteiger partial charge < -0.3 is 20.1 Å². The highest BCUT2D eigenvalue weighted by Crippen LogP contribution is 2.34. The molecule has 1 amide bonds. The molecule has 1 unspecified atom stereocenters. The summed E-state index contributed by atoms with van der Waals surface area (Å²) in [5, 5.41) is 6.13. The van der Waals surface area contributed by atoms with Gasteiger partial charge in [-0.3, -0.25) is 4.79 Å². The number of hydrogen-bond donors (Lipinski definition) is 2. The Kier molecular flexibility index (Phi) is 2.74. The zero-order chi connectivity index (χ0) is 12.5. The van der Waals surface area contributed by atoms with Crippen LogP contribution in [0.25, 0.3) is 0 Å². The molecule has 1 aromatic carbocycles. The summed E-state index contributed by atoms with van der Waals surface area (Å²) >= 11 is 0. The molecule has 0 radical (unpaired) electrons. The van der Waals surface area contributed by atoms with E-state index >= 15 is 0 Å².